The number of anilines is 1. The van der Waals surface area contributed by atoms with Gasteiger partial charge in [0.2, 0.25) is 0 Å². The number of pyridine rings is 1. The van der Waals surface area contributed by atoms with Gasteiger partial charge in [0.1, 0.15) is 6.79 Å². The van der Waals surface area contributed by atoms with E-state index in [1.807, 2.05) is 0 Å². The lowest BCUT2D eigenvalue weighted by molar-refractivity contribution is -0.0597. The summed E-state index contributed by atoms with van der Waals surface area (Å²) in [5, 5.41) is 8.51. The molecule has 0 spiro atoms. The van der Waals surface area contributed by atoms with Crippen molar-refractivity contribution in [2.75, 3.05) is 24.8 Å². The second kappa shape index (κ2) is 4.42. The molecular formula is C9H10BrFN2O2. The van der Waals surface area contributed by atoms with Gasteiger partial charge < -0.3 is 14.7 Å². The number of hydrogen-bond donors (Lipinski definition) is 1. The summed E-state index contributed by atoms with van der Waals surface area (Å²) in [7, 11) is 0. The highest BCUT2D eigenvalue weighted by atomic mass is 79.9. The van der Waals surface area contributed by atoms with Gasteiger partial charge in [0.25, 0.3) is 0 Å². The Kier molecular flexibility index (Phi) is 3.18. The predicted octanol–water partition coefficient (Wildman–Crippen LogP) is 1.14. The van der Waals surface area contributed by atoms with Gasteiger partial charge in [-0.2, -0.15) is 0 Å². The normalized spacial score (nSPS) is 16.6. The number of halogens is 2. The Morgan fingerprint density at radius 3 is 3.00 bits per heavy atom. The maximum absolute atomic E-state index is 13.4. The van der Waals surface area contributed by atoms with Crippen LogP contribution in [-0.2, 0) is 4.74 Å². The zero-order valence-electron chi connectivity index (χ0n) is 7.86. The lowest BCUT2D eigenvalue weighted by Crippen LogP contribution is -2.53. The van der Waals surface area contributed by atoms with Crippen LogP contribution in [0, 0.1) is 5.82 Å². The Hall–Kier alpha value is -0.720. The molecule has 15 heavy (non-hydrogen) atoms. The van der Waals surface area contributed by atoms with Crippen molar-refractivity contribution in [1.29, 1.82) is 0 Å². The Balaban J connectivity index is 2.01. The zero-order chi connectivity index (χ0) is 10.8. The average molecular weight is 277 g/mol. The van der Waals surface area contributed by atoms with Crippen molar-refractivity contribution in [2.45, 2.75) is 6.10 Å². The summed E-state index contributed by atoms with van der Waals surface area (Å²) in [6.45, 7) is 0.826. The number of aliphatic hydroxyl groups is 1. The van der Waals surface area contributed by atoms with Crippen LogP contribution in [0.3, 0.4) is 0 Å². The first-order valence-corrected chi connectivity index (χ1v) is 5.28. The first kappa shape index (κ1) is 10.8. The summed E-state index contributed by atoms with van der Waals surface area (Å²) in [4.78, 5) is 5.75. The highest BCUT2D eigenvalue weighted by molar-refractivity contribution is 9.10. The maximum Gasteiger partial charge on any atom is 0.166 e. The van der Waals surface area contributed by atoms with Crippen molar-refractivity contribution < 1.29 is 14.2 Å². The number of nitrogens with zero attached hydrogens (tertiary/aromatic N) is 2. The van der Waals surface area contributed by atoms with Crippen molar-refractivity contribution in [3.8, 4) is 0 Å². The molecule has 0 atom stereocenters. The van der Waals surface area contributed by atoms with E-state index < -0.39 is 0 Å². The molecule has 4 nitrogen and oxygen atoms in total. The fraction of sp³-hybridized carbons (Fsp3) is 0.444. The Bertz CT molecular complexity index is 358. The molecule has 6 heteroatoms. The van der Waals surface area contributed by atoms with E-state index in [4.69, 9.17) is 9.84 Å². The minimum absolute atomic E-state index is 0.0279. The van der Waals surface area contributed by atoms with Gasteiger partial charge in [-0.05, 0) is 22.0 Å². The number of aromatic nitrogens is 1. The van der Waals surface area contributed by atoms with Crippen molar-refractivity contribution in [1.82, 2.24) is 4.98 Å². The van der Waals surface area contributed by atoms with Gasteiger partial charge >= 0.3 is 0 Å². The van der Waals surface area contributed by atoms with Crippen LogP contribution in [0.2, 0.25) is 0 Å². The van der Waals surface area contributed by atoms with Gasteiger partial charge in [0.05, 0.1) is 6.10 Å². The van der Waals surface area contributed by atoms with Crippen LogP contribution in [-0.4, -0.2) is 36.1 Å². The molecule has 0 aromatic carbocycles. The lowest BCUT2D eigenvalue weighted by Gasteiger charge is -2.39. The Labute approximate surface area is 94.8 Å². The summed E-state index contributed by atoms with van der Waals surface area (Å²) >= 11 is 3.14. The van der Waals surface area contributed by atoms with E-state index in [-0.39, 0.29) is 18.7 Å². The van der Waals surface area contributed by atoms with Crippen LogP contribution in [0.4, 0.5) is 10.2 Å². The van der Waals surface area contributed by atoms with E-state index in [2.05, 4.69) is 20.9 Å². The molecule has 1 aromatic rings. The minimum Gasteiger partial charge on any atom is -0.371 e. The highest BCUT2D eigenvalue weighted by Gasteiger charge is 2.30. The summed E-state index contributed by atoms with van der Waals surface area (Å²) in [5.41, 5.74) is 0. The molecule has 0 saturated carbocycles. The molecule has 2 heterocycles. The van der Waals surface area contributed by atoms with Crippen molar-refractivity contribution in [3.63, 3.8) is 0 Å². The summed E-state index contributed by atoms with van der Waals surface area (Å²) in [5.74, 6) is -0.0252. The molecule has 82 valence electrons. The molecule has 0 unspecified atom stereocenters. The lowest BCUT2D eigenvalue weighted by atomic mass is 10.1. The largest absolute Gasteiger partial charge is 0.371 e. The molecule has 1 N–H and O–H groups in total. The molecule has 1 aliphatic heterocycles. The van der Waals surface area contributed by atoms with E-state index in [1.54, 1.807) is 11.1 Å². The topological polar surface area (TPSA) is 45.6 Å². The predicted molar refractivity (Wildman–Crippen MR) is 56.1 cm³/mol. The SMILES string of the molecule is OCOC1CN(c2ncc(Br)cc2F)C1. The quantitative estimate of drug-likeness (QED) is 0.841. The second-order valence-electron chi connectivity index (χ2n) is 3.28. The molecule has 1 fully saturated rings. The van der Waals surface area contributed by atoms with Crippen LogP contribution in [0.15, 0.2) is 16.7 Å². The fourth-order valence-electron chi connectivity index (χ4n) is 1.46. The van der Waals surface area contributed by atoms with Crippen LogP contribution < -0.4 is 4.90 Å². The molecule has 0 aliphatic carbocycles. The van der Waals surface area contributed by atoms with E-state index >= 15 is 0 Å². The number of rotatable bonds is 3. The molecule has 0 amide bonds. The molecule has 2 rings (SSSR count). The number of aliphatic hydroxyl groups excluding tert-OH is 1. The van der Waals surface area contributed by atoms with Gasteiger partial charge in [-0.15, -0.1) is 0 Å². The van der Waals surface area contributed by atoms with E-state index in [0.717, 1.165) is 0 Å². The van der Waals surface area contributed by atoms with Crippen LogP contribution in [0.25, 0.3) is 0 Å². The average Bonchev–Trinajstić information content (AvgIpc) is 2.12. The molecule has 1 saturated heterocycles. The second-order valence-corrected chi connectivity index (χ2v) is 4.20. The smallest absolute Gasteiger partial charge is 0.166 e. The third-order valence-electron chi connectivity index (χ3n) is 2.25. The van der Waals surface area contributed by atoms with E-state index in [9.17, 15) is 4.39 Å². The Morgan fingerprint density at radius 2 is 2.40 bits per heavy atom. The maximum atomic E-state index is 13.4. The summed E-state index contributed by atoms with van der Waals surface area (Å²) < 4.78 is 19.0. The van der Waals surface area contributed by atoms with Crippen LogP contribution in [0.1, 0.15) is 0 Å². The van der Waals surface area contributed by atoms with E-state index in [1.165, 1.54) is 6.07 Å². The summed E-state index contributed by atoms with van der Waals surface area (Å²) in [6.07, 6.45) is 1.53. The number of hydrogen-bond acceptors (Lipinski definition) is 4. The van der Waals surface area contributed by atoms with Gasteiger partial charge in [0, 0.05) is 23.8 Å². The molecule has 1 aromatic heterocycles. The summed E-state index contributed by atoms with van der Waals surface area (Å²) in [6, 6.07) is 1.38. The van der Waals surface area contributed by atoms with Crippen LogP contribution in [0.5, 0.6) is 0 Å². The van der Waals surface area contributed by atoms with Crippen molar-refractivity contribution in [2.24, 2.45) is 0 Å². The fourth-order valence-corrected chi connectivity index (χ4v) is 1.77. The minimum atomic E-state index is -0.355. The highest BCUT2D eigenvalue weighted by Crippen LogP contribution is 2.24. The van der Waals surface area contributed by atoms with Gasteiger partial charge in [-0.25, -0.2) is 9.37 Å². The standard InChI is InChI=1S/C9H10BrFN2O2/c10-6-1-8(11)9(12-2-6)13-3-7(4-13)15-5-14/h1-2,7,14H,3-5H2. The van der Waals surface area contributed by atoms with Crippen molar-refractivity contribution in [3.05, 3.63) is 22.6 Å². The zero-order valence-corrected chi connectivity index (χ0v) is 9.45. The Morgan fingerprint density at radius 1 is 1.67 bits per heavy atom. The van der Waals surface area contributed by atoms with Gasteiger partial charge in [0.15, 0.2) is 11.6 Å². The van der Waals surface area contributed by atoms with E-state index in [0.29, 0.717) is 23.4 Å². The molecule has 0 bridgehead atoms. The van der Waals surface area contributed by atoms with Gasteiger partial charge in [-0.3, -0.25) is 0 Å². The third-order valence-corrected chi connectivity index (χ3v) is 2.68. The monoisotopic (exact) mass is 276 g/mol. The molecule has 0 radical (unpaired) electrons. The third kappa shape index (κ3) is 2.27. The van der Waals surface area contributed by atoms with Crippen molar-refractivity contribution >= 4 is 21.7 Å². The van der Waals surface area contributed by atoms with Gasteiger partial charge in [-0.1, -0.05) is 0 Å². The molecular weight excluding hydrogens is 267 g/mol. The first-order chi connectivity index (χ1) is 7.20. The first-order valence-electron chi connectivity index (χ1n) is 4.49. The van der Waals surface area contributed by atoms with Crippen LogP contribution >= 0.6 is 15.9 Å². The molecule has 1 aliphatic rings. The number of ether oxygens (including phenoxy) is 1.